The van der Waals surface area contributed by atoms with E-state index < -0.39 is 23.5 Å². The van der Waals surface area contributed by atoms with E-state index in [4.69, 9.17) is 4.74 Å². The molecule has 1 aromatic rings. The van der Waals surface area contributed by atoms with Crippen molar-refractivity contribution >= 4 is 6.09 Å². The summed E-state index contributed by atoms with van der Waals surface area (Å²) >= 11 is 0. The van der Waals surface area contributed by atoms with Crippen molar-refractivity contribution in [3.05, 3.63) is 29.6 Å². The molecule has 1 atom stereocenters. The molecule has 2 rings (SSSR count). The number of carbonyl (C=O) groups is 1. The van der Waals surface area contributed by atoms with Crippen LogP contribution in [0.25, 0.3) is 0 Å². The molecule has 1 aromatic heterocycles. The van der Waals surface area contributed by atoms with Crippen LogP contribution in [-0.2, 0) is 11.3 Å². The van der Waals surface area contributed by atoms with Crippen LogP contribution in [0.15, 0.2) is 18.3 Å². The van der Waals surface area contributed by atoms with Gasteiger partial charge in [-0.25, -0.2) is 13.6 Å². The highest BCUT2D eigenvalue weighted by Gasteiger charge is 2.46. The highest BCUT2D eigenvalue weighted by molar-refractivity contribution is 5.68. The molecule has 0 aromatic carbocycles. The fraction of sp³-hybridized carbons (Fsp3) is 0.647. The molecule has 1 fully saturated rings. The van der Waals surface area contributed by atoms with E-state index in [1.165, 1.54) is 11.1 Å². The summed E-state index contributed by atoms with van der Waals surface area (Å²) in [5.41, 5.74) is 0.539. The molecule has 1 aliphatic rings. The lowest BCUT2D eigenvalue weighted by Crippen LogP contribution is -2.49. The fourth-order valence-corrected chi connectivity index (χ4v) is 2.74. The van der Waals surface area contributed by atoms with Gasteiger partial charge in [-0.15, -0.1) is 0 Å². The molecule has 0 spiro atoms. The third-order valence-electron chi connectivity index (χ3n) is 3.88. The lowest BCUT2D eigenvalue weighted by atomic mass is 9.87. The van der Waals surface area contributed by atoms with Crippen molar-refractivity contribution in [2.24, 2.45) is 0 Å². The van der Waals surface area contributed by atoms with Crippen LogP contribution in [0.5, 0.6) is 0 Å². The Bertz CT molecular complexity index is 587. The minimum absolute atomic E-state index is 0.00707. The van der Waals surface area contributed by atoms with E-state index in [0.29, 0.717) is 17.8 Å². The van der Waals surface area contributed by atoms with Gasteiger partial charge in [-0.1, -0.05) is 0 Å². The minimum atomic E-state index is -2.86. The van der Waals surface area contributed by atoms with Crippen LogP contribution >= 0.6 is 0 Å². The summed E-state index contributed by atoms with van der Waals surface area (Å²) in [5.74, 6) is -3.92. The summed E-state index contributed by atoms with van der Waals surface area (Å²) in [7, 11) is 1.77. The van der Waals surface area contributed by atoms with Crippen molar-refractivity contribution in [2.45, 2.75) is 51.2 Å². The van der Waals surface area contributed by atoms with Gasteiger partial charge in [0, 0.05) is 32.3 Å². The topological polar surface area (TPSA) is 54.5 Å². The molecule has 1 amide bonds. The molecule has 1 unspecified atom stereocenters. The Morgan fingerprint density at radius 2 is 2.21 bits per heavy atom. The zero-order valence-electron chi connectivity index (χ0n) is 14.6. The number of piperidine rings is 1. The van der Waals surface area contributed by atoms with Crippen LogP contribution in [0.1, 0.15) is 44.4 Å². The van der Waals surface area contributed by atoms with Gasteiger partial charge in [0.05, 0.1) is 11.6 Å². The average molecular weight is 341 g/mol. The van der Waals surface area contributed by atoms with E-state index in [0.717, 1.165) is 0 Å². The first-order chi connectivity index (χ1) is 11.1. The second-order valence-electron chi connectivity index (χ2n) is 7.10. The molecular weight excluding hydrogens is 316 g/mol. The third kappa shape index (κ3) is 4.63. The molecule has 0 aliphatic carbocycles. The van der Waals surface area contributed by atoms with Gasteiger partial charge in [-0.3, -0.25) is 4.98 Å². The van der Waals surface area contributed by atoms with Gasteiger partial charge < -0.3 is 15.0 Å². The maximum atomic E-state index is 14.4. The van der Waals surface area contributed by atoms with Gasteiger partial charge in [0.1, 0.15) is 5.60 Å². The number of nitrogens with one attached hydrogen (secondary N) is 1. The number of pyridine rings is 1. The molecule has 1 saturated heterocycles. The Labute approximate surface area is 141 Å². The lowest BCUT2D eigenvalue weighted by Gasteiger charge is -2.39. The summed E-state index contributed by atoms with van der Waals surface area (Å²) in [5, 5.41) is 2.95. The summed E-state index contributed by atoms with van der Waals surface area (Å²) in [6, 6.07) is 3.27. The van der Waals surface area contributed by atoms with Crippen molar-refractivity contribution in [1.82, 2.24) is 15.2 Å². The number of hydrogen-bond donors (Lipinski definition) is 1. The van der Waals surface area contributed by atoms with Crippen LogP contribution in [0.3, 0.4) is 0 Å². The summed E-state index contributed by atoms with van der Waals surface area (Å²) in [6.07, 6.45) is 0.609. The predicted octanol–water partition coefficient (Wildman–Crippen LogP) is 3.16. The Kier molecular flexibility index (Phi) is 5.42. The largest absolute Gasteiger partial charge is 0.444 e. The standard InChI is InChI=1S/C17H25F2N3O2/c1-16(2,3)24-15(23)22-8-6-17(18,19)14(11-22)12-5-7-21-13(9-12)10-20-4/h5,7,9,14,20H,6,8,10-11H2,1-4H3. The van der Waals surface area contributed by atoms with Gasteiger partial charge in [-0.05, 0) is 45.5 Å². The Hall–Kier alpha value is -1.76. The quantitative estimate of drug-likeness (QED) is 0.917. The number of carbonyl (C=O) groups excluding carboxylic acids is 1. The van der Waals surface area contributed by atoms with Gasteiger partial charge in [-0.2, -0.15) is 0 Å². The molecule has 1 aliphatic heterocycles. The second kappa shape index (κ2) is 7.01. The molecule has 5 nitrogen and oxygen atoms in total. The SMILES string of the molecule is CNCc1cc(C2CN(C(=O)OC(C)(C)C)CCC2(F)F)ccn1. The molecule has 1 N–H and O–H groups in total. The minimum Gasteiger partial charge on any atom is -0.444 e. The van der Waals surface area contributed by atoms with Crippen molar-refractivity contribution in [3.63, 3.8) is 0 Å². The number of amides is 1. The van der Waals surface area contributed by atoms with E-state index >= 15 is 0 Å². The molecule has 0 saturated carbocycles. The molecule has 134 valence electrons. The van der Waals surface area contributed by atoms with Gasteiger partial charge in [0.2, 0.25) is 0 Å². The van der Waals surface area contributed by atoms with Crippen LogP contribution in [0.4, 0.5) is 13.6 Å². The molecule has 24 heavy (non-hydrogen) atoms. The van der Waals surface area contributed by atoms with Crippen molar-refractivity contribution < 1.29 is 18.3 Å². The molecule has 2 heterocycles. The molecular formula is C17H25F2N3O2. The predicted molar refractivity (Wildman–Crippen MR) is 87.1 cm³/mol. The zero-order chi connectivity index (χ0) is 18.0. The van der Waals surface area contributed by atoms with E-state index in [-0.39, 0.29) is 19.5 Å². The number of ether oxygens (including phenoxy) is 1. The summed E-state index contributed by atoms with van der Waals surface area (Å²) in [4.78, 5) is 17.7. The summed E-state index contributed by atoms with van der Waals surface area (Å²) < 4.78 is 34.2. The number of halogens is 2. The summed E-state index contributed by atoms with van der Waals surface area (Å²) in [6.45, 7) is 5.70. The Morgan fingerprint density at radius 1 is 1.50 bits per heavy atom. The van der Waals surface area contributed by atoms with Gasteiger partial charge in [0.25, 0.3) is 5.92 Å². The number of nitrogens with zero attached hydrogens (tertiary/aromatic N) is 2. The van der Waals surface area contributed by atoms with E-state index in [9.17, 15) is 13.6 Å². The number of hydrogen-bond acceptors (Lipinski definition) is 4. The Morgan fingerprint density at radius 3 is 2.83 bits per heavy atom. The van der Waals surface area contributed by atoms with Crippen LogP contribution in [0.2, 0.25) is 0 Å². The van der Waals surface area contributed by atoms with Crippen LogP contribution in [0, 0.1) is 0 Å². The van der Waals surface area contributed by atoms with Crippen molar-refractivity contribution in [2.75, 3.05) is 20.1 Å². The van der Waals surface area contributed by atoms with Crippen molar-refractivity contribution in [1.29, 1.82) is 0 Å². The molecule has 0 bridgehead atoms. The van der Waals surface area contributed by atoms with Gasteiger partial charge in [0.15, 0.2) is 0 Å². The molecule has 7 heteroatoms. The number of alkyl halides is 2. The van der Waals surface area contributed by atoms with Crippen LogP contribution < -0.4 is 5.32 Å². The number of likely N-dealkylation sites (tertiary alicyclic amines) is 1. The third-order valence-corrected chi connectivity index (χ3v) is 3.88. The average Bonchev–Trinajstić information content (AvgIpc) is 2.45. The van der Waals surface area contributed by atoms with E-state index in [1.807, 2.05) is 0 Å². The number of aromatic nitrogens is 1. The highest BCUT2D eigenvalue weighted by Crippen LogP contribution is 2.40. The first kappa shape index (κ1) is 18.6. The second-order valence-corrected chi connectivity index (χ2v) is 7.10. The van der Waals surface area contributed by atoms with Crippen LogP contribution in [-0.4, -0.2) is 47.6 Å². The van der Waals surface area contributed by atoms with Crippen molar-refractivity contribution in [3.8, 4) is 0 Å². The highest BCUT2D eigenvalue weighted by atomic mass is 19.3. The van der Waals surface area contributed by atoms with E-state index in [2.05, 4.69) is 10.3 Å². The Balaban J connectivity index is 2.20. The zero-order valence-corrected chi connectivity index (χ0v) is 14.6. The van der Waals surface area contributed by atoms with Gasteiger partial charge >= 0.3 is 6.09 Å². The lowest BCUT2D eigenvalue weighted by molar-refractivity contribution is -0.0771. The fourth-order valence-electron chi connectivity index (χ4n) is 2.74. The first-order valence-electron chi connectivity index (χ1n) is 8.07. The first-order valence-corrected chi connectivity index (χ1v) is 8.07. The maximum absolute atomic E-state index is 14.4. The molecule has 0 radical (unpaired) electrons. The smallest absolute Gasteiger partial charge is 0.410 e. The monoisotopic (exact) mass is 341 g/mol. The van der Waals surface area contributed by atoms with E-state index in [1.54, 1.807) is 40.0 Å². The maximum Gasteiger partial charge on any atom is 0.410 e. The number of rotatable bonds is 3. The normalized spacial score (nSPS) is 20.8.